The third-order valence-electron chi connectivity index (χ3n) is 4.21. The Labute approximate surface area is 128 Å². The van der Waals surface area contributed by atoms with Crippen molar-refractivity contribution in [3.63, 3.8) is 0 Å². The summed E-state index contributed by atoms with van der Waals surface area (Å²) in [6, 6.07) is 9.33. The van der Waals surface area contributed by atoms with E-state index in [9.17, 15) is 9.59 Å². The first-order valence-electron chi connectivity index (χ1n) is 7.49. The van der Waals surface area contributed by atoms with E-state index in [1.54, 1.807) is 12.3 Å². The van der Waals surface area contributed by atoms with Crippen molar-refractivity contribution in [2.24, 2.45) is 5.92 Å². The second-order valence-corrected chi connectivity index (χ2v) is 5.74. The summed E-state index contributed by atoms with van der Waals surface area (Å²) < 4.78 is 0. The van der Waals surface area contributed by atoms with E-state index < -0.39 is 5.97 Å². The minimum Gasteiger partial charge on any atom is -0.481 e. The van der Waals surface area contributed by atoms with Crippen molar-refractivity contribution in [1.29, 1.82) is 0 Å². The van der Waals surface area contributed by atoms with Crippen LogP contribution in [-0.4, -0.2) is 40.0 Å². The molecule has 1 aliphatic heterocycles. The number of rotatable bonds is 3. The maximum Gasteiger partial charge on any atom is 0.303 e. The molecule has 1 aliphatic rings. The standard InChI is InChI=1S/C17H18N2O3/c20-16(21)10-12-5-8-19(9-6-12)17(22)14-3-4-15-13(11-14)2-1-7-18-15/h1-4,7,11-12H,5-6,8-10H2,(H,20,21). The lowest BCUT2D eigenvalue weighted by molar-refractivity contribution is -0.138. The first-order valence-corrected chi connectivity index (χ1v) is 7.49. The predicted octanol–water partition coefficient (Wildman–Crippen LogP) is 2.56. The number of carbonyl (C=O) groups is 2. The summed E-state index contributed by atoms with van der Waals surface area (Å²) >= 11 is 0. The van der Waals surface area contributed by atoms with Crippen molar-refractivity contribution in [2.75, 3.05) is 13.1 Å². The zero-order valence-corrected chi connectivity index (χ0v) is 12.2. The van der Waals surface area contributed by atoms with Crippen LogP contribution in [0.4, 0.5) is 0 Å². The van der Waals surface area contributed by atoms with Gasteiger partial charge in [0, 0.05) is 36.7 Å². The molecule has 5 heteroatoms. The molecule has 2 heterocycles. The molecular weight excluding hydrogens is 280 g/mol. The minimum atomic E-state index is -0.758. The van der Waals surface area contributed by atoms with Gasteiger partial charge in [0.15, 0.2) is 0 Å². The monoisotopic (exact) mass is 298 g/mol. The Morgan fingerprint density at radius 1 is 1.23 bits per heavy atom. The first kappa shape index (κ1) is 14.5. The van der Waals surface area contributed by atoms with Gasteiger partial charge in [0.05, 0.1) is 5.52 Å². The molecule has 22 heavy (non-hydrogen) atoms. The molecule has 1 aromatic carbocycles. The van der Waals surface area contributed by atoms with Gasteiger partial charge in [-0.1, -0.05) is 6.07 Å². The lowest BCUT2D eigenvalue weighted by atomic mass is 9.93. The number of aromatic nitrogens is 1. The number of nitrogens with zero attached hydrogens (tertiary/aromatic N) is 2. The maximum atomic E-state index is 12.6. The summed E-state index contributed by atoms with van der Waals surface area (Å²) in [5, 5.41) is 9.79. The van der Waals surface area contributed by atoms with Crippen LogP contribution in [0.5, 0.6) is 0 Å². The molecule has 1 N–H and O–H groups in total. The normalized spacial score (nSPS) is 15.9. The smallest absolute Gasteiger partial charge is 0.303 e. The SMILES string of the molecule is O=C(O)CC1CCN(C(=O)c2ccc3ncccc3c2)CC1. The highest BCUT2D eigenvalue weighted by Gasteiger charge is 2.25. The van der Waals surface area contributed by atoms with E-state index in [0.717, 1.165) is 23.7 Å². The molecule has 1 fully saturated rings. The molecule has 0 bridgehead atoms. The maximum absolute atomic E-state index is 12.6. The molecule has 2 aromatic rings. The van der Waals surface area contributed by atoms with Gasteiger partial charge >= 0.3 is 5.97 Å². The predicted molar refractivity (Wildman–Crippen MR) is 82.6 cm³/mol. The number of likely N-dealkylation sites (tertiary alicyclic amines) is 1. The molecule has 1 amide bonds. The van der Waals surface area contributed by atoms with E-state index >= 15 is 0 Å². The molecule has 0 radical (unpaired) electrons. The summed E-state index contributed by atoms with van der Waals surface area (Å²) in [7, 11) is 0. The van der Waals surface area contributed by atoms with Crippen molar-refractivity contribution >= 4 is 22.8 Å². The van der Waals surface area contributed by atoms with E-state index in [2.05, 4.69) is 4.98 Å². The number of hydrogen-bond donors (Lipinski definition) is 1. The summed E-state index contributed by atoms with van der Waals surface area (Å²) in [5.41, 5.74) is 1.54. The number of carboxylic acid groups (broad SMARTS) is 1. The lowest BCUT2D eigenvalue weighted by Crippen LogP contribution is -2.38. The van der Waals surface area contributed by atoms with Crippen LogP contribution in [0, 0.1) is 5.92 Å². The number of pyridine rings is 1. The van der Waals surface area contributed by atoms with Crippen LogP contribution in [0.15, 0.2) is 36.5 Å². The summed E-state index contributed by atoms with van der Waals surface area (Å²) in [5.74, 6) is -0.561. The quantitative estimate of drug-likeness (QED) is 0.945. The van der Waals surface area contributed by atoms with Crippen molar-refractivity contribution in [2.45, 2.75) is 19.3 Å². The second kappa shape index (κ2) is 6.13. The highest BCUT2D eigenvalue weighted by molar-refractivity contribution is 5.98. The molecule has 0 unspecified atom stereocenters. The van der Waals surface area contributed by atoms with Gasteiger partial charge < -0.3 is 10.0 Å². The highest BCUT2D eigenvalue weighted by Crippen LogP contribution is 2.22. The number of benzene rings is 1. The van der Waals surface area contributed by atoms with Crippen molar-refractivity contribution in [3.8, 4) is 0 Å². The molecule has 1 saturated heterocycles. The third-order valence-corrected chi connectivity index (χ3v) is 4.21. The fourth-order valence-electron chi connectivity index (χ4n) is 2.98. The third kappa shape index (κ3) is 3.08. The summed E-state index contributed by atoms with van der Waals surface area (Å²) in [4.78, 5) is 29.4. The summed E-state index contributed by atoms with van der Waals surface area (Å²) in [6.45, 7) is 1.25. The Morgan fingerprint density at radius 3 is 2.73 bits per heavy atom. The van der Waals surface area contributed by atoms with Gasteiger partial charge in [-0.2, -0.15) is 0 Å². The minimum absolute atomic E-state index is 0.0135. The number of fused-ring (bicyclic) bond motifs is 1. The Balaban J connectivity index is 1.69. The van der Waals surface area contributed by atoms with Crippen LogP contribution in [0.1, 0.15) is 29.6 Å². The van der Waals surface area contributed by atoms with Gasteiger partial charge in [-0.3, -0.25) is 14.6 Å². The van der Waals surface area contributed by atoms with Gasteiger partial charge in [0.1, 0.15) is 0 Å². The fourth-order valence-corrected chi connectivity index (χ4v) is 2.98. The van der Waals surface area contributed by atoms with E-state index in [1.807, 2.05) is 29.2 Å². The lowest BCUT2D eigenvalue weighted by Gasteiger charge is -2.31. The van der Waals surface area contributed by atoms with Gasteiger partial charge in [0.2, 0.25) is 0 Å². The Hall–Kier alpha value is -2.43. The molecular formula is C17H18N2O3. The Kier molecular flexibility index (Phi) is 4.04. The van der Waals surface area contributed by atoms with Crippen LogP contribution in [-0.2, 0) is 4.79 Å². The number of amides is 1. The van der Waals surface area contributed by atoms with Gasteiger partial charge in [-0.05, 0) is 43.0 Å². The van der Waals surface area contributed by atoms with Gasteiger partial charge in [-0.25, -0.2) is 0 Å². The zero-order chi connectivity index (χ0) is 15.5. The molecule has 0 saturated carbocycles. The Morgan fingerprint density at radius 2 is 2.00 bits per heavy atom. The molecule has 3 rings (SSSR count). The summed E-state index contributed by atoms with van der Waals surface area (Å²) in [6.07, 6.45) is 3.45. The molecule has 0 aliphatic carbocycles. The molecule has 114 valence electrons. The average Bonchev–Trinajstić information content (AvgIpc) is 2.54. The van der Waals surface area contributed by atoms with E-state index in [0.29, 0.717) is 18.7 Å². The largest absolute Gasteiger partial charge is 0.481 e. The number of hydrogen-bond acceptors (Lipinski definition) is 3. The molecule has 0 atom stereocenters. The van der Waals surface area contributed by atoms with E-state index in [-0.39, 0.29) is 18.2 Å². The van der Waals surface area contributed by atoms with Gasteiger partial charge in [0.25, 0.3) is 5.91 Å². The topological polar surface area (TPSA) is 70.5 Å². The van der Waals surface area contributed by atoms with Crippen LogP contribution in [0.2, 0.25) is 0 Å². The first-order chi connectivity index (χ1) is 10.6. The average molecular weight is 298 g/mol. The number of piperidine rings is 1. The zero-order valence-electron chi connectivity index (χ0n) is 12.2. The van der Waals surface area contributed by atoms with Crippen molar-refractivity contribution in [3.05, 3.63) is 42.1 Å². The number of aliphatic carboxylic acids is 1. The van der Waals surface area contributed by atoms with Crippen molar-refractivity contribution < 1.29 is 14.7 Å². The fraction of sp³-hybridized carbons (Fsp3) is 0.353. The Bertz CT molecular complexity index is 706. The van der Waals surface area contributed by atoms with Crippen LogP contribution in [0.3, 0.4) is 0 Å². The van der Waals surface area contributed by atoms with Crippen molar-refractivity contribution in [1.82, 2.24) is 9.88 Å². The van der Waals surface area contributed by atoms with Crippen LogP contribution < -0.4 is 0 Å². The molecule has 0 spiro atoms. The number of carbonyl (C=O) groups excluding carboxylic acids is 1. The molecule has 1 aromatic heterocycles. The number of carboxylic acids is 1. The van der Waals surface area contributed by atoms with Crippen LogP contribution >= 0.6 is 0 Å². The molecule has 5 nitrogen and oxygen atoms in total. The van der Waals surface area contributed by atoms with Gasteiger partial charge in [-0.15, -0.1) is 0 Å². The van der Waals surface area contributed by atoms with E-state index in [1.165, 1.54) is 0 Å². The second-order valence-electron chi connectivity index (χ2n) is 5.74. The highest BCUT2D eigenvalue weighted by atomic mass is 16.4. The van der Waals surface area contributed by atoms with Crippen LogP contribution in [0.25, 0.3) is 10.9 Å². The van der Waals surface area contributed by atoms with E-state index in [4.69, 9.17) is 5.11 Å².